The molecule has 0 aliphatic rings. The molecule has 0 amide bonds. The van der Waals surface area contributed by atoms with Gasteiger partial charge in [0.25, 0.3) is 0 Å². The maximum Gasteiger partial charge on any atom is 0.341 e. The lowest BCUT2D eigenvalue weighted by atomic mass is 10.1. The van der Waals surface area contributed by atoms with Crippen molar-refractivity contribution in [3.05, 3.63) is 50.6 Å². The van der Waals surface area contributed by atoms with Gasteiger partial charge in [0.2, 0.25) is 0 Å². The summed E-state index contributed by atoms with van der Waals surface area (Å²) in [5.74, 6) is -0.0781. The van der Waals surface area contributed by atoms with Crippen molar-refractivity contribution in [2.45, 2.75) is 20.8 Å². The van der Waals surface area contributed by atoms with Crippen LogP contribution in [0.1, 0.15) is 23.6 Å². The van der Waals surface area contributed by atoms with E-state index in [2.05, 4.69) is 33.6 Å². The maximum absolute atomic E-state index is 10.7. The lowest BCUT2D eigenvalue weighted by molar-refractivity contribution is -0.139. The molecule has 1 N–H and O–H groups in total. The highest BCUT2D eigenvalue weighted by Crippen LogP contribution is 2.34. The molecule has 0 bridgehead atoms. The Labute approximate surface area is 160 Å². The highest BCUT2D eigenvalue weighted by atomic mass is 127. The highest BCUT2D eigenvalue weighted by molar-refractivity contribution is 14.1. The summed E-state index contributed by atoms with van der Waals surface area (Å²) in [5, 5.41) is 8.81. The standard InChI is InChI=1S/C19H20INO4/c1-4-24-17-9-14(8-15(20)19(17)25-11-18(22)23)10-21-16-7-12(2)5-6-13(16)3/h5-10H,4,11H2,1-3H3,(H,22,23). The minimum Gasteiger partial charge on any atom is -0.490 e. The second kappa shape index (κ2) is 8.84. The molecule has 0 saturated carbocycles. The average molecular weight is 453 g/mol. The molecule has 132 valence electrons. The molecular formula is C19H20INO4. The summed E-state index contributed by atoms with van der Waals surface area (Å²) in [4.78, 5) is 15.3. The molecule has 0 atom stereocenters. The quantitative estimate of drug-likeness (QED) is 0.495. The first-order valence-electron chi connectivity index (χ1n) is 7.83. The van der Waals surface area contributed by atoms with Crippen LogP contribution in [0.2, 0.25) is 0 Å². The molecule has 0 aliphatic heterocycles. The highest BCUT2D eigenvalue weighted by Gasteiger charge is 2.13. The molecule has 0 heterocycles. The van der Waals surface area contributed by atoms with Crippen molar-refractivity contribution in [1.82, 2.24) is 0 Å². The van der Waals surface area contributed by atoms with Crippen LogP contribution in [0.15, 0.2) is 35.3 Å². The minimum absolute atomic E-state index is 0.411. The van der Waals surface area contributed by atoms with E-state index in [4.69, 9.17) is 14.6 Å². The van der Waals surface area contributed by atoms with Gasteiger partial charge in [-0.1, -0.05) is 12.1 Å². The van der Waals surface area contributed by atoms with Crippen LogP contribution in [-0.2, 0) is 4.79 Å². The lowest BCUT2D eigenvalue weighted by Gasteiger charge is -2.13. The fraction of sp³-hybridized carbons (Fsp3) is 0.263. The van der Waals surface area contributed by atoms with E-state index in [1.165, 1.54) is 0 Å². The molecule has 5 nitrogen and oxygen atoms in total. The van der Waals surface area contributed by atoms with Crippen molar-refractivity contribution in [1.29, 1.82) is 0 Å². The summed E-state index contributed by atoms with van der Waals surface area (Å²) in [5.41, 5.74) is 4.03. The molecule has 0 aliphatic carbocycles. The van der Waals surface area contributed by atoms with Crippen LogP contribution >= 0.6 is 22.6 Å². The van der Waals surface area contributed by atoms with E-state index in [0.29, 0.717) is 18.1 Å². The number of halogens is 1. The Hall–Kier alpha value is -2.09. The summed E-state index contributed by atoms with van der Waals surface area (Å²) in [6.45, 7) is 5.96. The Morgan fingerprint density at radius 2 is 2.00 bits per heavy atom. The molecule has 0 radical (unpaired) electrons. The molecule has 0 aromatic heterocycles. The lowest BCUT2D eigenvalue weighted by Crippen LogP contribution is -2.11. The zero-order valence-corrected chi connectivity index (χ0v) is 16.5. The van der Waals surface area contributed by atoms with E-state index in [9.17, 15) is 4.79 Å². The van der Waals surface area contributed by atoms with E-state index in [1.54, 1.807) is 12.3 Å². The van der Waals surface area contributed by atoms with Gasteiger partial charge in [-0.2, -0.15) is 0 Å². The molecule has 2 aromatic carbocycles. The van der Waals surface area contributed by atoms with Crippen molar-refractivity contribution < 1.29 is 19.4 Å². The molecule has 0 fully saturated rings. The number of hydrogen-bond acceptors (Lipinski definition) is 4. The SMILES string of the molecule is CCOc1cc(C=Nc2cc(C)ccc2C)cc(I)c1OCC(=O)O. The maximum atomic E-state index is 10.7. The molecule has 2 rings (SSSR count). The summed E-state index contributed by atoms with van der Waals surface area (Å²) < 4.78 is 11.7. The first-order chi connectivity index (χ1) is 11.9. The predicted octanol–water partition coefficient (Wildman–Crippen LogP) is 4.52. The van der Waals surface area contributed by atoms with Crippen LogP contribution in [0.3, 0.4) is 0 Å². The Bertz CT molecular complexity index is 802. The first-order valence-corrected chi connectivity index (χ1v) is 8.90. The second-order valence-corrected chi connectivity index (χ2v) is 6.66. The van der Waals surface area contributed by atoms with Gasteiger partial charge in [-0.15, -0.1) is 0 Å². The third-order valence-corrected chi connectivity index (χ3v) is 4.19. The molecule has 0 unspecified atom stereocenters. The number of aryl methyl sites for hydroxylation is 2. The third kappa shape index (κ3) is 5.45. The fourth-order valence-electron chi connectivity index (χ4n) is 2.20. The van der Waals surface area contributed by atoms with Gasteiger partial charge in [0.15, 0.2) is 18.1 Å². The average Bonchev–Trinajstić information content (AvgIpc) is 2.55. The molecular weight excluding hydrogens is 433 g/mol. The number of aliphatic imine (C=N–C) groups is 1. The van der Waals surface area contributed by atoms with E-state index >= 15 is 0 Å². The monoisotopic (exact) mass is 453 g/mol. The van der Waals surface area contributed by atoms with Gasteiger partial charge >= 0.3 is 5.97 Å². The molecule has 0 spiro atoms. The topological polar surface area (TPSA) is 68.1 Å². The van der Waals surface area contributed by atoms with Gasteiger partial charge in [0.05, 0.1) is 15.9 Å². The molecule has 2 aromatic rings. The molecule has 25 heavy (non-hydrogen) atoms. The van der Waals surface area contributed by atoms with Crippen LogP contribution in [0, 0.1) is 17.4 Å². The number of hydrogen-bond donors (Lipinski definition) is 1. The van der Waals surface area contributed by atoms with Crippen LogP contribution in [-0.4, -0.2) is 30.5 Å². The van der Waals surface area contributed by atoms with Crippen molar-refractivity contribution in [2.75, 3.05) is 13.2 Å². The zero-order chi connectivity index (χ0) is 18.4. The van der Waals surface area contributed by atoms with Crippen LogP contribution in [0.4, 0.5) is 5.69 Å². The van der Waals surface area contributed by atoms with E-state index in [0.717, 1.165) is 25.9 Å². The zero-order valence-electron chi connectivity index (χ0n) is 14.4. The van der Waals surface area contributed by atoms with E-state index in [-0.39, 0.29) is 0 Å². The summed E-state index contributed by atoms with van der Waals surface area (Å²) in [6, 6.07) is 9.82. The van der Waals surface area contributed by atoms with Gasteiger partial charge in [0.1, 0.15) is 0 Å². The molecule has 0 saturated heterocycles. The van der Waals surface area contributed by atoms with Crippen LogP contribution in [0.25, 0.3) is 0 Å². The van der Waals surface area contributed by atoms with Gasteiger partial charge < -0.3 is 14.6 Å². The Balaban J connectivity index is 2.33. The number of carboxylic acids is 1. The van der Waals surface area contributed by atoms with Gasteiger partial charge in [0, 0.05) is 6.21 Å². The van der Waals surface area contributed by atoms with Crippen LogP contribution < -0.4 is 9.47 Å². The number of carbonyl (C=O) groups is 1. The molecule has 6 heteroatoms. The number of ether oxygens (including phenoxy) is 2. The van der Waals surface area contributed by atoms with E-state index in [1.807, 2.05) is 39.0 Å². The van der Waals surface area contributed by atoms with Crippen molar-refractivity contribution in [2.24, 2.45) is 4.99 Å². The number of aliphatic carboxylic acids is 1. The second-order valence-electron chi connectivity index (χ2n) is 5.49. The van der Waals surface area contributed by atoms with E-state index < -0.39 is 12.6 Å². The largest absolute Gasteiger partial charge is 0.490 e. The number of benzene rings is 2. The van der Waals surface area contributed by atoms with Crippen molar-refractivity contribution in [3.63, 3.8) is 0 Å². The Morgan fingerprint density at radius 1 is 1.24 bits per heavy atom. The van der Waals surface area contributed by atoms with Gasteiger partial charge in [-0.3, -0.25) is 4.99 Å². The third-order valence-electron chi connectivity index (χ3n) is 3.39. The summed E-state index contributed by atoms with van der Waals surface area (Å²) in [6.07, 6.45) is 1.77. The normalized spacial score (nSPS) is 10.9. The van der Waals surface area contributed by atoms with Gasteiger partial charge in [-0.25, -0.2) is 4.79 Å². The Morgan fingerprint density at radius 3 is 2.68 bits per heavy atom. The predicted molar refractivity (Wildman–Crippen MR) is 107 cm³/mol. The minimum atomic E-state index is -1.03. The van der Waals surface area contributed by atoms with Crippen molar-refractivity contribution >= 4 is 40.5 Å². The number of rotatable bonds is 7. The van der Waals surface area contributed by atoms with Crippen molar-refractivity contribution in [3.8, 4) is 11.5 Å². The van der Waals surface area contributed by atoms with Gasteiger partial charge in [-0.05, 0) is 78.3 Å². The number of carboxylic acid groups (broad SMARTS) is 1. The first kappa shape index (κ1) is 19.2. The van der Waals surface area contributed by atoms with Crippen LogP contribution in [0.5, 0.6) is 11.5 Å². The number of nitrogens with zero attached hydrogens (tertiary/aromatic N) is 1. The smallest absolute Gasteiger partial charge is 0.341 e. The Kier molecular flexibility index (Phi) is 6.81. The fourth-order valence-corrected chi connectivity index (χ4v) is 2.98. The summed E-state index contributed by atoms with van der Waals surface area (Å²) >= 11 is 2.10. The summed E-state index contributed by atoms with van der Waals surface area (Å²) in [7, 11) is 0.